The van der Waals surface area contributed by atoms with Gasteiger partial charge in [0, 0.05) is 11.1 Å². The third-order valence-electron chi connectivity index (χ3n) is 4.38. The van der Waals surface area contributed by atoms with Gasteiger partial charge in [-0.2, -0.15) is 0 Å². The maximum Gasteiger partial charge on any atom is 0.197 e. The first kappa shape index (κ1) is 14.6. The first-order valence-electron chi connectivity index (χ1n) is 6.94. The van der Waals surface area contributed by atoms with Crippen molar-refractivity contribution in [3.8, 4) is 0 Å². The van der Waals surface area contributed by atoms with E-state index < -0.39 is 0 Å². The second-order valence-corrected chi connectivity index (χ2v) is 5.68. The number of hydrogen-bond donors (Lipinski definition) is 0. The molecule has 0 spiro atoms. The first-order valence-corrected chi connectivity index (χ1v) is 6.94. The van der Waals surface area contributed by atoms with Gasteiger partial charge in [0.1, 0.15) is 11.5 Å². The molecule has 0 bridgehead atoms. The number of carbonyl (C=O) groups is 1. The van der Waals surface area contributed by atoms with E-state index in [0.29, 0.717) is 5.76 Å². The van der Waals surface area contributed by atoms with Crippen molar-refractivity contribution in [2.75, 3.05) is 0 Å². The van der Waals surface area contributed by atoms with Gasteiger partial charge in [-0.15, -0.1) is 0 Å². The molecule has 0 saturated carbocycles. The van der Waals surface area contributed by atoms with E-state index >= 15 is 0 Å². The van der Waals surface area contributed by atoms with Crippen LogP contribution in [0.3, 0.4) is 0 Å². The molecule has 2 aromatic rings. The number of aryl methyl sites for hydroxylation is 4. The van der Waals surface area contributed by atoms with Crippen molar-refractivity contribution in [1.29, 1.82) is 0 Å². The highest BCUT2D eigenvalue weighted by Crippen LogP contribution is 2.29. The molecule has 1 heterocycles. The van der Waals surface area contributed by atoms with Gasteiger partial charge in [-0.3, -0.25) is 4.79 Å². The first-order chi connectivity index (χ1) is 9.25. The molecule has 0 fully saturated rings. The summed E-state index contributed by atoms with van der Waals surface area (Å²) in [6.45, 7) is 13.9. The Bertz CT molecular complexity index is 677. The lowest BCUT2D eigenvalue weighted by Gasteiger charge is -2.14. The molecule has 0 aliphatic rings. The predicted molar refractivity (Wildman–Crippen MR) is 81.7 cm³/mol. The number of hydrogen-bond acceptors (Lipinski definition) is 2. The summed E-state index contributed by atoms with van der Waals surface area (Å²) in [5, 5.41) is 0. The van der Waals surface area contributed by atoms with Crippen LogP contribution in [0.1, 0.15) is 55.3 Å². The molecule has 0 aliphatic heterocycles. The molecule has 2 rings (SSSR count). The summed E-state index contributed by atoms with van der Waals surface area (Å²) >= 11 is 0. The molecule has 2 heteroatoms. The fourth-order valence-corrected chi connectivity index (χ4v) is 2.81. The highest BCUT2D eigenvalue weighted by molar-refractivity contribution is 6.12. The largest absolute Gasteiger partial charge is 0.466 e. The predicted octanol–water partition coefficient (Wildman–Crippen LogP) is 4.67. The van der Waals surface area contributed by atoms with Crippen LogP contribution < -0.4 is 0 Å². The Hall–Kier alpha value is -1.83. The van der Waals surface area contributed by atoms with Gasteiger partial charge in [0.15, 0.2) is 5.78 Å². The average Bonchev–Trinajstić information content (AvgIpc) is 2.61. The van der Waals surface area contributed by atoms with Crippen LogP contribution in [-0.4, -0.2) is 5.78 Å². The van der Waals surface area contributed by atoms with Gasteiger partial charge in [-0.25, -0.2) is 0 Å². The molecule has 0 radical (unpaired) electrons. The smallest absolute Gasteiger partial charge is 0.197 e. The maximum atomic E-state index is 13.0. The molecular weight excluding hydrogens is 248 g/mol. The molecule has 0 amide bonds. The van der Waals surface area contributed by atoms with Gasteiger partial charge in [0.25, 0.3) is 0 Å². The molecule has 0 saturated heterocycles. The Labute approximate surface area is 120 Å². The van der Waals surface area contributed by atoms with Crippen LogP contribution >= 0.6 is 0 Å². The van der Waals surface area contributed by atoms with E-state index in [2.05, 4.69) is 19.9 Å². The Morgan fingerprint density at radius 1 is 0.750 bits per heavy atom. The van der Waals surface area contributed by atoms with Gasteiger partial charge in [0.05, 0.1) is 5.56 Å². The van der Waals surface area contributed by atoms with Crippen molar-refractivity contribution in [1.82, 2.24) is 0 Å². The van der Waals surface area contributed by atoms with Crippen LogP contribution in [0.25, 0.3) is 0 Å². The minimum Gasteiger partial charge on any atom is -0.466 e. The standard InChI is InChI=1S/C18H22O2/c1-9-8-10(2)12(4)16(11(9)3)18(19)17-13(5)14(6)20-15(17)7/h8H,1-7H3. The van der Waals surface area contributed by atoms with Crippen molar-refractivity contribution in [2.45, 2.75) is 48.5 Å². The zero-order valence-electron chi connectivity index (χ0n) is 13.4. The highest BCUT2D eigenvalue weighted by Gasteiger charge is 2.23. The minimum atomic E-state index is 0.0821. The molecule has 0 aliphatic carbocycles. The second kappa shape index (κ2) is 4.93. The van der Waals surface area contributed by atoms with Gasteiger partial charge in [0.2, 0.25) is 0 Å². The van der Waals surface area contributed by atoms with E-state index in [9.17, 15) is 4.79 Å². The molecule has 1 aromatic heterocycles. The molecule has 0 atom stereocenters. The van der Waals surface area contributed by atoms with Crippen LogP contribution in [0.15, 0.2) is 10.5 Å². The SMILES string of the molecule is Cc1cc(C)c(C)c(C(=O)c2c(C)oc(C)c2C)c1C. The van der Waals surface area contributed by atoms with Crippen molar-refractivity contribution in [3.05, 3.63) is 56.5 Å². The van der Waals surface area contributed by atoms with E-state index in [1.54, 1.807) is 0 Å². The fourth-order valence-electron chi connectivity index (χ4n) is 2.81. The number of carbonyl (C=O) groups excluding carboxylic acids is 1. The van der Waals surface area contributed by atoms with Crippen LogP contribution in [0, 0.1) is 48.5 Å². The Balaban J connectivity index is 2.72. The van der Waals surface area contributed by atoms with Gasteiger partial charge < -0.3 is 4.42 Å². The van der Waals surface area contributed by atoms with Gasteiger partial charge in [-0.1, -0.05) is 6.07 Å². The van der Waals surface area contributed by atoms with Crippen molar-refractivity contribution in [2.24, 2.45) is 0 Å². The molecule has 106 valence electrons. The van der Waals surface area contributed by atoms with Crippen LogP contribution in [0.4, 0.5) is 0 Å². The van der Waals surface area contributed by atoms with Gasteiger partial charge >= 0.3 is 0 Å². The molecule has 1 aromatic carbocycles. The second-order valence-electron chi connectivity index (χ2n) is 5.68. The van der Waals surface area contributed by atoms with Crippen LogP contribution in [0.5, 0.6) is 0 Å². The monoisotopic (exact) mass is 270 g/mol. The van der Waals surface area contributed by atoms with Crippen molar-refractivity contribution >= 4 is 5.78 Å². The number of ketones is 1. The van der Waals surface area contributed by atoms with Crippen molar-refractivity contribution in [3.63, 3.8) is 0 Å². The van der Waals surface area contributed by atoms with E-state index in [0.717, 1.165) is 44.7 Å². The summed E-state index contributed by atoms with van der Waals surface area (Å²) in [7, 11) is 0. The quantitative estimate of drug-likeness (QED) is 0.742. The summed E-state index contributed by atoms with van der Waals surface area (Å²) in [4.78, 5) is 13.0. The van der Waals surface area contributed by atoms with E-state index in [1.165, 1.54) is 0 Å². The number of furan rings is 1. The van der Waals surface area contributed by atoms with Crippen LogP contribution in [-0.2, 0) is 0 Å². The lowest BCUT2D eigenvalue weighted by molar-refractivity contribution is 0.103. The summed E-state index contributed by atoms with van der Waals surface area (Å²) in [6, 6.07) is 2.14. The zero-order chi connectivity index (χ0) is 15.2. The molecular formula is C18H22O2. The summed E-state index contributed by atoms with van der Waals surface area (Å²) in [5.74, 6) is 1.62. The third kappa shape index (κ3) is 2.09. The fraction of sp³-hybridized carbons (Fsp3) is 0.389. The molecule has 2 nitrogen and oxygen atoms in total. The summed E-state index contributed by atoms with van der Waals surface area (Å²) in [5.41, 5.74) is 6.95. The number of rotatable bonds is 2. The molecule has 0 unspecified atom stereocenters. The van der Waals surface area contributed by atoms with E-state index in [1.807, 2.05) is 34.6 Å². The Morgan fingerprint density at radius 3 is 1.65 bits per heavy atom. The summed E-state index contributed by atoms with van der Waals surface area (Å²) in [6.07, 6.45) is 0. The lowest BCUT2D eigenvalue weighted by Crippen LogP contribution is -2.10. The molecule has 0 N–H and O–H groups in total. The topological polar surface area (TPSA) is 30.2 Å². The minimum absolute atomic E-state index is 0.0821. The van der Waals surface area contributed by atoms with E-state index in [-0.39, 0.29) is 5.78 Å². The maximum absolute atomic E-state index is 13.0. The third-order valence-corrected chi connectivity index (χ3v) is 4.38. The van der Waals surface area contributed by atoms with Gasteiger partial charge in [-0.05, 0) is 70.7 Å². The normalized spacial score (nSPS) is 10.9. The van der Waals surface area contributed by atoms with Crippen LogP contribution in [0.2, 0.25) is 0 Å². The van der Waals surface area contributed by atoms with Crippen molar-refractivity contribution < 1.29 is 9.21 Å². The highest BCUT2D eigenvalue weighted by atomic mass is 16.3. The average molecular weight is 270 g/mol. The molecule has 20 heavy (non-hydrogen) atoms. The number of benzene rings is 1. The van der Waals surface area contributed by atoms with E-state index in [4.69, 9.17) is 4.42 Å². The summed E-state index contributed by atoms with van der Waals surface area (Å²) < 4.78 is 5.61. The zero-order valence-corrected chi connectivity index (χ0v) is 13.4. The Kier molecular flexibility index (Phi) is 3.59. The Morgan fingerprint density at radius 2 is 1.25 bits per heavy atom. The lowest BCUT2D eigenvalue weighted by atomic mass is 9.88.